The molecule has 4 nitrogen and oxygen atoms in total. The Kier molecular flexibility index (Phi) is 4.64. The Hall–Kier alpha value is -3.14. The Bertz CT molecular complexity index is 766. The lowest BCUT2D eigenvalue weighted by Crippen LogP contribution is -2.27. The normalized spacial score (nSPS) is 12.2. The first-order valence-electron chi connectivity index (χ1n) is 7.31. The van der Waals surface area contributed by atoms with E-state index in [0.717, 1.165) is 11.3 Å². The second-order valence-corrected chi connectivity index (χ2v) is 4.96. The van der Waals surface area contributed by atoms with E-state index < -0.39 is 0 Å². The van der Waals surface area contributed by atoms with Gasteiger partial charge >= 0.3 is 0 Å². The fourth-order valence-corrected chi connectivity index (χ4v) is 2.25. The Morgan fingerprint density at radius 2 is 1.87 bits per heavy atom. The van der Waals surface area contributed by atoms with Crippen molar-refractivity contribution in [3.8, 4) is 0 Å². The fraction of sp³-hybridized carbons (Fsp3) is 0.0526. The number of aromatic nitrogens is 1. The van der Waals surface area contributed by atoms with Crippen molar-refractivity contribution in [1.29, 1.82) is 0 Å². The highest BCUT2D eigenvalue weighted by molar-refractivity contribution is 5.91. The molecule has 0 radical (unpaired) electrons. The van der Waals surface area contributed by atoms with E-state index in [1.165, 1.54) is 6.08 Å². The molecular formula is C19H16N2O2. The summed E-state index contributed by atoms with van der Waals surface area (Å²) >= 11 is 0. The quantitative estimate of drug-likeness (QED) is 0.733. The van der Waals surface area contributed by atoms with Gasteiger partial charge in [0.15, 0.2) is 0 Å². The summed E-state index contributed by atoms with van der Waals surface area (Å²) in [6.07, 6.45) is 6.44. The second kappa shape index (κ2) is 7.22. The van der Waals surface area contributed by atoms with Gasteiger partial charge < -0.3 is 9.73 Å². The molecule has 3 aromatic rings. The maximum atomic E-state index is 12.2. The molecule has 1 aromatic carbocycles. The first-order chi connectivity index (χ1) is 11.3. The van der Waals surface area contributed by atoms with Crippen LogP contribution in [0.2, 0.25) is 0 Å². The van der Waals surface area contributed by atoms with Crippen LogP contribution in [0.5, 0.6) is 0 Å². The first-order valence-corrected chi connectivity index (χ1v) is 7.31. The van der Waals surface area contributed by atoms with Crippen LogP contribution in [-0.4, -0.2) is 10.9 Å². The van der Waals surface area contributed by atoms with Crippen LogP contribution in [0.3, 0.4) is 0 Å². The topological polar surface area (TPSA) is 55.1 Å². The summed E-state index contributed by atoms with van der Waals surface area (Å²) in [6, 6.07) is 18.6. The molecule has 0 unspecified atom stereocenters. The van der Waals surface area contributed by atoms with Crippen molar-refractivity contribution in [1.82, 2.24) is 10.3 Å². The summed E-state index contributed by atoms with van der Waals surface area (Å²) in [5.74, 6) is 0.483. The van der Waals surface area contributed by atoms with E-state index in [0.29, 0.717) is 5.76 Å². The Labute approximate surface area is 134 Å². The molecule has 0 bridgehead atoms. The van der Waals surface area contributed by atoms with Crippen LogP contribution in [0.4, 0.5) is 0 Å². The minimum absolute atomic E-state index is 0.207. The Balaban J connectivity index is 1.77. The van der Waals surface area contributed by atoms with Gasteiger partial charge in [0.2, 0.25) is 5.91 Å². The number of furan rings is 1. The average molecular weight is 304 g/mol. The lowest BCUT2D eigenvalue weighted by molar-refractivity contribution is -0.117. The van der Waals surface area contributed by atoms with Gasteiger partial charge in [-0.25, -0.2) is 0 Å². The predicted octanol–water partition coefficient (Wildman–Crippen LogP) is 3.59. The third-order valence-electron chi connectivity index (χ3n) is 3.34. The molecule has 0 saturated carbocycles. The van der Waals surface area contributed by atoms with Crippen LogP contribution in [-0.2, 0) is 4.79 Å². The largest absolute Gasteiger partial charge is 0.467 e. The number of pyridine rings is 1. The zero-order chi connectivity index (χ0) is 15.9. The summed E-state index contributed by atoms with van der Waals surface area (Å²) in [4.78, 5) is 16.4. The lowest BCUT2D eigenvalue weighted by atomic mass is 10.0. The number of nitrogens with zero attached hydrogens (tertiary/aromatic N) is 1. The standard InChI is InChI=1S/C19H16N2O2/c22-18(12-11-16-9-4-5-13-20-16)21-19(17-10-6-14-23-17)15-7-2-1-3-8-15/h1-14,19H,(H,21,22)/b12-11-/t19-/m0/s1. The van der Waals surface area contributed by atoms with Gasteiger partial charge in [0.25, 0.3) is 0 Å². The predicted molar refractivity (Wildman–Crippen MR) is 88.4 cm³/mol. The Morgan fingerprint density at radius 3 is 2.57 bits per heavy atom. The van der Waals surface area contributed by atoms with Crippen LogP contribution in [0.25, 0.3) is 6.08 Å². The van der Waals surface area contributed by atoms with Gasteiger partial charge in [0.05, 0.1) is 12.0 Å². The highest BCUT2D eigenvalue weighted by Crippen LogP contribution is 2.22. The summed E-state index contributed by atoms with van der Waals surface area (Å²) in [7, 11) is 0. The van der Waals surface area contributed by atoms with E-state index in [1.807, 2.05) is 54.6 Å². The molecular weight excluding hydrogens is 288 g/mol. The van der Waals surface area contributed by atoms with Crippen LogP contribution in [0, 0.1) is 0 Å². The molecule has 0 aliphatic heterocycles. The molecule has 0 fully saturated rings. The first kappa shape index (κ1) is 14.8. The summed E-state index contributed by atoms with van der Waals surface area (Å²) < 4.78 is 5.46. The monoisotopic (exact) mass is 304 g/mol. The number of nitrogens with one attached hydrogen (secondary N) is 1. The summed E-state index contributed by atoms with van der Waals surface area (Å²) in [5.41, 5.74) is 1.69. The van der Waals surface area contributed by atoms with E-state index in [4.69, 9.17) is 4.42 Å². The molecule has 0 aliphatic rings. The van der Waals surface area contributed by atoms with Crippen molar-refractivity contribution in [3.05, 3.63) is 96.2 Å². The molecule has 0 saturated heterocycles. The van der Waals surface area contributed by atoms with Crippen molar-refractivity contribution < 1.29 is 9.21 Å². The third kappa shape index (κ3) is 3.95. The molecule has 0 spiro atoms. The molecule has 1 atom stereocenters. The van der Waals surface area contributed by atoms with E-state index in [9.17, 15) is 4.79 Å². The highest BCUT2D eigenvalue weighted by Gasteiger charge is 2.17. The van der Waals surface area contributed by atoms with E-state index in [2.05, 4.69) is 10.3 Å². The number of hydrogen-bond donors (Lipinski definition) is 1. The van der Waals surface area contributed by atoms with E-state index in [1.54, 1.807) is 24.6 Å². The minimum Gasteiger partial charge on any atom is -0.467 e. The van der Waals surface area contributed by atoms with Crippen molar-refractivity contribution in [2.45, 2.75) is 6.04 Å². The minimum atomic E-state index is -0.327. The molecule has 3 rings (SSSR count). The Morgan fingerprint density at radius 1 is 1.04 bits per heavy atom. The molecule has 2 aromatic heterocycles. The molecule has 1 amide bonds. The van der Waals surface area contributed by atoms with E-state index >= 15 is 0 Å². The van der Waals surface area contributed by atoms with Gasteiger partial charge in [0.1, 0.15) is 11.8 Å². The zero-order valence-corrected chi connectivity index (χ0v) is 12.4. The molecule has 1 N–H and O–H groups in total. The van der Waals surface area contributed by atoms with Gasteiger partial charge in [-0.15, -0.1) is 0 Å². The van der Waals surface area contributed by atoms with Crippen LogP contribution in [0.15, 0.2) is 83.6 Å². The van der Waals surface area contributed by atoms with Gasteiger partial charge in [-0.05, 0) is 35.9 Å². The molecule has 0 aliphatic carbocycles. The van der Waals surface area contributed by atoms with Gasteiger partial charge in [0, 0.05) is 12.3 Å². The molecule has 2 heterocycles. The van der Waals surface area contributed by atoms with Crippen molar-refractivity contribution >= 4 is 12.0 Å². The average Bonchev–Trinajstić information content (AvgIpc) is 3.14. The molecule has 114 valence electrons. The van der Waals surface area contributed by atoms with Crippen molar-refractivity contribution in [2.24, 2.45) is 0 Å². The number of carbonyl (C=O) groups is 1. The summed E-state index contributed by atoms with van der Waals surface area (Å²) in [5, 5.41) is 2.96. The van der Waals surface area contributed by atoms with Crippen LogP contribution >= 0.6 is 0 Å². The van der Waals surface area contributed by atoms with Gasteiger partial charge in [-0.2, -0.15) is 0 Å². The SMILES string of the molecule is O=C(/C=C\c1ccccn1)N[C@@H](c1ccccc1)c1ccco1. The zero-order valence-electron chi connectivity index (χ0n) is 12.4. The number of hydrogen-bond acceptors (Lipinski definition) is 3. The number of carbonyl (C=O) groups excluding carboxylic acids is 1. The number of rotatable bonds is 5. The van der Waals surface area contributed by atoms with Crippen LogP contribution in [0.1, 0.15) is 23.1 Å². The second-order valence-electron chi connectivity index (χ2n) is 4.96. The lowest BCUT2D eigenvalue weighted by Gasteiger charge is -2.16. The number of benzene rings is 1. The van der Waals surface area contributed by atoms with E-state index in [-0.39, 0.29) is 11.9 Å². The van der Waals surface area contributed by atoms with Gasteiger partial charge in [-0.3, -0.25) is 9.78 Å². The summed E-state index contributed by atoms with van der Waals surface area (Å²) in [6.45, 7) is 0. The van der Waals surface area contributed by atoms with Crippen LogP contribution < -0.4 is 5.32 Å². The maximum absolute atomic E-state index is 12.2. The fourth-order valence-electron chi connectivity index (χ4n) is 2.25. The third-order valence-corrected chi connectivity index (χ3v) is 3.34. The molecule has 23 heavy (non-hydrogen) atoms. The number of amides is 1. The van der Waals surface area contributed by atoms with Gasteiger partial charge in [-0.1, -0.05) is 36.4 Å². The van der Waals surface area contributed by atoms with Crippen molar-refractivity contribution in [2.75, 3.05) is 0 Å². The smallest absolute Gasteiger partial charge is 0.244 e. The maximum Gasteiger partial charge on any atom is 0.244 e. The molecule has 4 heteroatoms. The highest BCUT2D eigenvalue weighted by atomic mass is 16.3. The van der Waals surface area contributed by atoms with Crippen molar-refractivity contribution in [3.63, 3.8) is 0 Å².